The van der Waals surface area contributed by atoms with Crippen molar-refractivity contribution in [3.8, 4) is 5.75 Å². The summed E-state index contributed by atoms with van der Waals surface area (Å²) in [5.74, 6) is 0.740. The summed E-state index contributed by atoms with van der Waals surface area (Å²) in [7, 11) is 0. The predicted octanol–water partition coefficient (Wildman–Crippen LogP) is 5.27. The van der Waals surface area contributed by atoms with E-state index in [0.717, 1.165) is 16.7 Å². The number of rotatable bonds is 7. The highest BCUT2D eigenvalue weighted by molar-refractivity contribution is 6.36. The molecule has 0 aromatic heterocycles. The van der Waals surface area contributed by atoms with Crippen LogP contribution in [0.15, 0.2) is 60.7 Å². The highest BCUT2D eigenvalue weighted by atomic mass is 35.5. The number of fused-ring (bicyclic) bond motifs is 1. The Kier molecular flexibility index (Phi) is 6.37. The van der Waals surface area contributed by atoms with Crippen LogP contribution in [0.2, 0.25) is 10.0 Å². The van der Waals surface area contributed by atoms with E-state index >= 15 is 0 Å². The molecule has 0 fully saturated rings. The second-order valence-corrected chi connectivity index (χ2v) is 6.72. The minimum absolute atomic E-state index is 0.0527. The van der Waals surface area contributed by atoms with Crippen molar-refractivity contribution in [2.24, 2.45) is 0 Å². The van der Waals surface area contributed by atoms with Gasteiger partial charge in [0.25, 0.3) is 0 Å². The van der Waals surface area contributed by atoms with Crippen molar-refractivity contribution in [2.75, 3.05) is 13.2 Å². The van der Waals surface area contributed by atoms with Gasteiger partial charge in [0.1, 0.15) is 12.4 Å². The molecule has 3 nitrogen and oxygen atoms in total. The Bertz CT molecular complexity index is 891. The summed E-state index contributed by atoms with van der Waals surface area (Å²) in [5.41, 5.74) is 0.804. The molecule has 0 heterocycles. The predicted molar refractivity (Wildman–Crippen MR) is 107 cm³/mol. The minimum Gasteiger partial charge on any atom is -0.492 e. The zero-order valence-electron chi connectivity index (χ0n) is 14.2. The number of hydrogen-bond donors (Lipinski definition) is 1. The molecule has 26 heavy (non-hydrogen) atoms. The number of hydrogen-bond acceptors (Lipinski definition) is 2. The molecule has 0 spiro atoms. The van der Waals surface area contributed by atoms with E-state index in [4.69, 9.17) is 27.9 Å². The van der Waals surface area contributed by atoms with Gasteiger partial charge in [0.2, 0.25) is 5.91 Å². The molecule has 0 aliphatic carbocycles. The lowest BCUT2D eigenvalue weighted by atomic mass is 10.1. The van der Waals surface area contributed by atoms with Gasteiger partial charge in [-0.3, -0.25) is 4.79 Å². The Morgan fingerprint density at radius 3 is 2.42 bits per heavy atom. The normalized spacial score (nSPS) is 10.7. The van der Waals surface area contributed by atoms with Crippen molar-refractivity contribution in [1.82, 2.24) is 5.32 Å². The Morgan fingerprint density at radius 2 is 1.65 bits per heavy atom. The SMILES string of the molecule is O=C(CCc1c(Cl)cccc1Cl)NCCOc1ccc2ccccc2c1. The molecule has 3 aromatic carbocycles. The standard InChI is InChI=1S/C21H19Cl2NO2/c22-19-6-3-7-20(23)18(19)10-11-21(25)24-12-13-26-17-9-8-15-4-1-2-5-16(15)14-17/h1-9,14H,10-13H2,(H,24,25). The quantitative estimate of drug-likeness (QED) is 0.560. The third-order valence-corrected chi connectivity index (χ3v) is 4.79. The fourth-order valence-electron chi connectivity index (χ4n) is 2.71. The summed E-state index contributed by atoms with van der Waals surface area (Å²) in [5, 5.41) is 6.33. The third kappa shape index (κ3) is 4.90. The maximum atomic E-state index is 12.0. The molecule has 3 aromatic rings. The van der Waals surface area contributed by atoms with Crippen molar-refractivity contribution in [1.29, 1.82) is 0 Å². The van der Waals surface area contributed by atoms with E-state index in [1.54, 1.807) is 18.2 Å². The molecular formula is C21H19Cl2NO2. The highest BCUT2D eigenvalue weighted by Crippen LogP contribution is 2.25. The van der Waals surface area contributed by atoms with Gasteiger partial charge >= 0.3 is 0 Å². The van der Waals surface area contributed by atoms with E-state index in [9.17, 15) is 4.79 Å². The molecule has 1 amide bonds. The van der Waals surface area contributed by atoms with Crippen molar-refractivity contribution >= 4 is 39.9 Å². The minimum atomic E-state index is -0.0527. The number of amides is 1. The molecule has 0 unspecified atom stereocenters. The van der Waals surface area contributed by atoms with E-state index in [1.807, 2.05) is 36.4 Å². The topological polar surface area (TPSA) is 38.3 Å². The molecule has 0 radical (unpaired) electrons. The van der Waals surface area contributed by atoms with Gasteiger partial charge in [-0.25, -0.2) is 0 Å². The lowest BCUT2D eigenvalue weighted by Crippen LogP contribution is -2.28. The maximum Gasteiger partial charge on any atom is 0.220 e. The molecule has 0 saturated heterocycles. The van der Waals surface area contributed by atoms with E-state index in [-0.39, 0.29) is 5.91 Å². The van der Waals surface area contributed by atoms with Crippen LogP contribution in [-0.4, -0.2) is 19.1 Å². The lowest BCUT2D eigenvalue weighted by Gasteiger charge is -2.09. The summed E-state index contributed by atoms with van der Waals surface area (Å²) in [6.45, 7) is 0.860. The smallest absolute Gasteiger partial charge is 0.220 e. The van der Waals surface area contributed by atoms with Crippen LogP contribution in [0.5, 0.6) is 5.75 Å². The first-order valence-corrected chi connectivity index (χ1v) is 9.20. The molecule has 5 heteroatoms. The maximum absolute atomic E-state index is 12.0. The molecule has 0 aliphatic heterocycles. The average Bonchev–Trinajstić information content (AvgIpc) is 2.65. The van der Waals surface area contributed by atoms with E-state index in [0.29, 0.717) is 36.0 Å². The van der Waals surface area contributed by atoms with Gasteiger partial charge in [-0.1, -0.05) is 59.6 Å². The van der Waals surface area contributed by atoms with Crippen LogP contribution >= 0.6 is 23.2 Å². The molecule has 0 aliphatic rings. The monoisotopic (exact) mass is 387 g/mol. The Morgan fingerprint density at radius 1 is 0.923 bits per heavy atom. The van der Waals surface area contributed by atoms with Crippen LogP contribution < -0.4 is 10.1 Å². The van der Waals surface area contributed by atoms with Crippen LogP contribution in [0.3, 0.4) is 0 Å². The van der Waals surface area contributed by atoms with Crippen molar-refractivity contribution < 1.29 is 9.53 Å². The summed E-state index contributed by atoms with van der Waals surface area (Å²) in [4.78, 5) is 12.0. The molecule has 134 valence electrons. The van der Waals surface area contributed by atoms with Crippen LogP contribution in [0, 0.1) is 0 Å². The number of halogens is 2. The fraction of sp³-hybridized carbons (Fsp3) is 0.190. The largest absolute Gasteiger partial charge is 0.492 e. The summed E-state index contributed by atoms with van der Waals surface area (Å²) in [6, 6.07) is 19.4. The first-order valence-electron chi connectivity index (χ1n) is 8.44. The van der Waals surface area contributed by atoms with Gasteiger partial charge in [-0.2, -0.15) is 0 Å². The van der Waals surface area contributed by atoms with Gasteiger partial charge in [0.05, 0.1) is 6.54 Å². The second kappa shape index (κ2) is 8.93. The van der Waals surface area contributed by atoms with E-state index in [1.165, 1.54) is 5.39 Å². The van der Waals surface area contributed by atoms with Gasteiger partial charge in [-0.05, 0) is 47.0 Å². The third-order valence-electron chi connectivity index (χ3n) is 4.08. The van der Waals surface area contributed by atoms with Crippen molar-refractivity contribution in [2.45, 2.75) is 12.8 Å². The number of carbonyl (C=O) groups is 1. The number of ether oxygens (including phenoxy) is 1. The Labute approximate surface area is 162 Å². The van der Waals surface area contributed by atoms with Gasteiger partial charge in [0, 0.05) is 16.5 Å². The van der Waals surface area contributed by atoms with Gasteiger partial charge in [-0.15, -0.1) is 0 Å². The fourth-order valence-corrected chi connectivity index (χ4v) is 3.30. The number of carbonyl (C=O) groups excluding carboxylic acids is 1. The molecule has 1 N–H and O–H groups in total. The van der Waals surface area contributed by atoms with Crippen molar-refractivity contribution in [3.63, 3.8) is 0 Å². The zero-order chi connectivity index (χ0) is 18.4. The van der Waals surface area contributed by atoms with Crippen LogP contribution in [0.25, 0.3) is 10.8 Å². The summed E-state index contributed by atoms with van der Waals surface area (Å²) in [6.07, 6.45) is 0.843. The Hall–Kier alpha value is -2.23. The van der Waals surface area contributed by atoms with Crippen LogP contribution in [0.1, 0.15) is 12.0 Å². The number of nitrogens with one attached hydrogen (secondary N) is 1. The van der Waals surface area contributed by atoms with Gasteiger partial charge in [0.15, 0.2) is 0 Å². The first kappa shape index (κ1) is 18.6. The zero-order valence-corrected chi connectivity index (χ0v) is 15.7. The molecular weight excluding hydrogens is 369 g/mol. The van der Waals surface area contributed by atoms with Gasteiger partial charge < -0.3 is 10.1 Å². The van der Waals surface area contributed by atoms with Crippen LogP contribution in [-0.2, 0) is 11.2 Å². The molecule has 0 bridgehead atoms. The highest BCUT2D eigenvalue weighted by Gasteiger charge is 2.08. The summed E-state index contributed by atoms with van der Waals surface area (Å²) >= 11 is 12.2. The molecule has 0 atom stereocenters. The second-order valence-electron chi connectivity index (χ2n) is 5.91. The molecule has 0 saturated carbocycles. The number of benzene rings is 3. The Balaban J connectivity index is 1.42. The molecule has 3 rings (SSSR count). The van der Waals surface area contributed by atoms with E-state index in [2.05, 4.69) is 11.4 Å². The summed E-state index contributed by atoms with van der Waals surface area (Å²) < 4.78 is 5.71. The van der Waals surface area contributed by atoms with Crippen molar-refractivity contribution in [3.05, 3.63) is 76.3 Å². The van der Waals surface area contributed by atoms with Crippen LogP contribution in [0.4, 0.5) is 0 Å². The van der Waals surface area contributed by atoms with E-state index < -0.39 is 0 Å². The lowest BCUT2D eigenvalue weighted by molar-refractivity contribution is -0.121. The first-order chi connectivity index (χ1) is 12.6. The average molecular weight is 388 g/mol.